The van der Waals surface area contributed by atoms with Gasteiger partial charge in [0.05, 0.1) is 6.00 Å². The van der Waals surface area contributed by atoms with E-state index in [9.17, 15) is 4.79 Å². The Kier molecular flexibility index (Phi) is 6.81. The number of piperazine rings is 1. The van der Waals surface area contributed by atoms with E-state index >= 15 is 0 Å². The summed E-state index contributed by atoms with van der Waals surface area (Å²) in [5, 5.41) is 3.25. The Labute approximate surface area is 103 Å². The summed E-state index contributed by atoms with van der Waals surface area (Å²) in [5.74, 6) is 0. The molecule has 1 aromatic rings. The van der Waals surface area contributed by atoms with Crippen molar-refractivity contribution in [1.29, 1.82) is 0 Å². The fourth-order valence-corrected chi connectivity index (χ4v) is 1.60. The molecule has 1 heterocycles. The monoisotopic (exact) mass is 241 g/mol. The Bertz CT molecular complexity index is 292. The number of aldehydes is 1. The lowest BCUT2D eigenvalue weighted by atomic mass is 10.2. The van der Waals surface area contributed by atoms with E-state index in [1.54, 1.807) is 12.1 Å². The van der Waals surface area contributed by atoms with Gasteiger partial charge in [0.15, 0.2) is 0 Å². The lowest BCUT2D eigenvalue weighted by Gasteiger charge is -2.24. The van der Waals surface area contributed by atoms with Crippen LogP contribution in [0.1, 0.15) is 11.8 Å². The first-order valence-electron chi connectivity index (χ1n) is 5.36. The highest BCUT2D eigenvalue weighted by atomic mass is 35.5. The van der Waals surface area contributed by atoms with E-state index < -0.39 is 0 Å². The summed E-state index contributed by atoms with van der Waals surface area (Å²) in [7, 11) is 0. The van der Waals surface area contributed by atoms with Crippen molar-refractivity contribution in [2.24, 2.45) is 0 Å². The third-order valence-electron chi connectivity index (χ3n) is 2.31. The van der Waals surface area contributed by atoms with Crippen molar-refractivity contribution in [2.45, 2.75) is 0 Å². The third-order valence-corrected chi connectivity index (χ3v) is 2.65. The SMILES string of the molecule is ClCN1CCNCC1.O=Cc1ccccc1.[H+]. The summed E-state index contributed by atoms with van der Waals surface area (Å²) in [6.45, 7) is 4.38. The van der Waals surface area contributed by atoms with E-state index in [4.69, 9.17) is 11.6 Å². The maximum Gasteiger partial charge on any atom is 1.00 e. The maximum absolute atomic E-state index is 10.0. The number of carbonyl (C=O) groups is 1. The lowest BCUT2D eigenvalue weighted by molar-refractivity contribution is 0.112. The Morgan fingerprint density at radius 1 is 1.31 bits per heavy atom. The molecule has 1 saturated heterocycles. The Morgan fingerprint density at radius 3 is 2.31 bits per heavy atom. The standard InChI is InChI=1S/C7H6O.C5H11ClN2/c8-6-7-4-2-1-3-5-7;6-5-8-3-1-7-2-4-8/h1-6H;7H,1-5H2/p+1. The molecular formula is C12H18ClN2O+. The quantitative estimate of drug-likeness (QED) is 0.486. The van der Waals surface area contributed by atoms with Crippen molar-refractivity contribution in [3.63, 3.8) is 0 Å². The van der Waals surface area contributed by atoms with Gasteiger partial charge >= 0.3 is 1.43 Å². The molecule has 0 aromatic heterocycles. The molecule has 1 aliphatic rings. The maximum atomic E-state index is 10.0. The van der Waals surface area contributed by atoms with Crippen LogP contribution in [-0.4, -0.2) is 43.4 Å². The van der Waals surface area contributed by atoms with Crippen molar-refractivity contribution >= 4 is 17.9 Å². The number of nitrogens with zero attached hydrogens (tertiary/aromatic N) is 1. The van der Waals surface area contributed by atoms with Crippen molar-refractivity contribution in [3.05, 3.63) is 35.9 Å². The topological polar surface area (TPSA) is 32.3 Å². The lowest BCUT2D eigenvalue weighted by Crippen LogP contribution is -2.42. The highest BCUT2D eigenvalue weighted by Crippen LogP contribution is 1.92. The highest BCUT2D eigenvalue weighted by Gasteiger charge is 2.05. The molecule has 1 aliphatic heterocycles. The zero-order valence-electron chi connectivity index (χ0n) is 10.2. The molecule has 4 heteroatoms. The fourth-order valence-electron chi connectivity index (χ4n) is 1.36. The number of hydrogen-bond acceptors (Lipinski definition) is 3. The van der Waals surface area contributed by atoms with Gasteiger partial charge in [-0.05, 0) is 0 Å². The van der Waals surface area contributed by atoms with Crippen LogP contribution < -0.4 is 5.32 Å². The molecule has 0 radical (unpaired) electrons. The van der Waals surface area contributed by atoms with Crippen LogP contribution >= 0.6 is 11.6 Å². The normalized spacial score (nSPS) is 16.1. The zero-order valence-corrected chi connectivity index (χ0v) is 9.99. The summed E-state index contributed by atoms with van der Waals surface area (Å²) in [6, 6.07) is 9.78. The molecule has 88 valence electrons. The Hall–Kier alpha value is -0.900. The van der Waals surface area contributed by atoms with Crippen LogP contribution in [0.25, 0.3) is 0 Å². The average molecular weight is 242 g/mol. The summed E-state index contributed by atoms with van der Waals surface area (Å²) in [6.07, 6.45) is 0.833. The minimum Gasteiger partial charge on any atom is -0.314 e. The van der Waals surface area contributed by atoms with Gasteiger partial charge in [0, 0.05) is 31.7 Å². The van der Waals surface area contributed by atoms with E-state index in [0.717, 1.165) is 38.0 Å². The van der Waals surface area contributed by atoms with Gasteiger partial charge in [0.2, 0.25) is 0 Å². The molecule has 0 aliphatic carbocycles. The molecule has 2 rings (SSSR count). The van der Waals surface area contributed by atoms with Crippen LogP contribution in [0.15, 0.2) is 30.3 Å². The minimum absolute atomic E-state index is 0. The van der Waals surface area contributed by atoms with Gasteiger partial charge in [-0.1, -0.05) is 30.3 Å². The smallest absolute Gasteiger partial charge is 0.314 e. The van der Waals surface area contributed by atoms with Crippen molar-refractivity contribution in [3.8, 4) is 0 Å². The van der Waals surface area contributed by atoms with E-state index in [2.05, 4.69) is 10.2 Å². The zero-order chi connectivity index (χ0) is 11.6. The number of carbonyl (C=O) groups excluding carboxylic acids is 1. The molecule has 0 amide bonds. The van der Waals surface area contributed by atoms with E-state index in [-0.39, 0.29) is 1.43 Å². The van der Waals surface area contributed by atoms with Gasteiger partial charge in [-0.2, -0.15) is 0 Å². The molecule has 0 unspecified atom stereocenters. The van der Waals surface area contributed by atoms with Crippen LogP contribution in [-0.2, 0) is 0 Å². The first kappa shape index (κ1) is 13.2. The van der Waals surface area contributed by atoms with Gasteiger partial charge in [-0.25, -0.2) is 0 Å². The highest BCUT2D eigenvalue weighted by molar-refractivity contribution is 6.17. The molecule has 16 heavy (non-hydrogen) atoms. The number of hydrogen-bond donors (Lipinski definition) is 1. The van der Waals surface area contributed by atoms with E-state index in [1.165, 1.54) is 0 Å². The molecule has 0 spiro atoms. The first-order valence-corrected chi connectivity index (χ1v) is 5.89. The molecule has 0 saturated carbocycles. The van der Waals surface area contributed by atoms with Gasteiger partial charge in [-0.3, -0.25) is 9.69 Å². The van der Waals surface area contributed by atoms with Gasteiger partial charge in [0.25, 0.3) is 0 Å². The van der Waals surface area contributed by atoms with Crippen LogP contribution in [0.4, 0.5) is 0 Å². The second-order valence-corrected chi connectivity index (χ2v) is 3.76. The first-order chi connectivity index (χ1) is 7.86. The van der Waals surface area contributed by atoms with Crippen molar-refractivity contribution < 1.29 is 6.22 Å². The molecule has 0 bridgehead atoms. The predicted molar refractivity (Wildman–Crippen MR) is 68.1 cm³/mol. The number of nitrogens with one attached hydrogen (secondary N) is 1. The number of alkyl halides is 1. The van der Waals surface area contributed by atoms with Crippen molar-refractivity contribution in [1.82, 2.24) is 10.2 Å². The van der Waals surface area contributed by atoms with E-state index in [0.29, 0.717) is 6.00 Å². The van der Waals surface area contributed by atoms with Crippen LogP contribution in [0.5, 0.6) is 0 Å². The average Bonchev–Trinajstić information content (AvgIpc) is 2.41. The summed E-state index contributed by atoms with van der Waals surface area (Å²) >= 11 is 5.58. The summed E-state index contributed by atoms with van der Waals surface area (Å²) < 4.78 is 0. The number of rotatable bonds is 2. The number of halogens is 1. The van der Waals surface area contributed by atoms with Gasteiger partial charge in [0.1, 0.15) is 6.29 Å². The molecule has 3 nitrogen and oxygen atoms in total. The molecule has 0 atom stereocenters. The second kappa shape index (κ2) is 8.28. The molecular weight excluding hydrogens is 224 g/mol. The predicted octanol–water partition coefficient (Wildman–Crippen LogP) is 1.70. The van der Waals surface area contributed by atoms with Crippen molar-refractivity contribution in [2.75, 3.05) is 32.2 Å². The summed E-state index contributed by atoms with van der Waals surface area (Å²) in [4.78, 5) is 12.2. The third kappa shape index (κ3) is 5.26. The Balaban J connectivity index is 0.000000284. The largest absolute Gasteiger partial charge is 1.00 e. The van der Waals surface area contributed by atoms with Crippen LogP contribution in [0, 0.1) is 0 Å². The van der Waals surface area contributed by atoms with Crippen LogP contribution in [0.2, 0.25) is 0 Å². The van der Waals surface area contributed by atoms with Gasteiger partial charge in [-0.15, -0.1) is 11.6 Å². The second-order valence-electron chi connectivity index (χ2n) is 3.52. The molecule has 1 aromatic carbocycles. The van der Waals surface area contributed by atoms with Crippen LogP contribution in [0.3, 0.4) is 0 Å². The van der Waals surface area contributed by atoms with Gasteiger partial charge < -0.3 is 5.32 Å². The molecule has 1 fully saturated rings. The van der Waals surface area contributed by atoms with E-state index in [1.807, 2.05) is 18.2 Å². The number of benzene rings is 1. The molecule has 1 N–H and O–H groups in total. The fraction of sp³-hybridized carbons (Fsp3) is 0.417. The Morgan fingerprint density at radius 2 is 1.94 bits per heavy atom. The minimum atomic E-state index is 0. The summed E-state index contributed by atoms with van der Waals surface area (Å²) in [5.41, 5.74) is 0.729.